The van der Waals surface area contributed by atoms with E-state index in [1.165, 1.54) is 18.0 Å². The number of aromatic nitrogens is 3. The lowest BCUT2D eigenvalue weighted by atomic mass is 10.1. The lowest BCUT2D eigenvalue weighted by molar-refractivity contribution is 0.102. The molecule has 1 saturated heterocycles. The number of rotatable bonds is 4. The zero-order valence-electron chi connectivity index (χ0n) is 16.0. The van der Waals surface area contributed by atoms with Crippen LogP contribution in [0.4, 0.5) is 10.8 Å². The lowest BCUT2D eigenvalue weighted by Crippen LogP contribution is -2.36. The van der Waals surface area contributed by atoms with Crippen LogP contribution in [0.1, 0.15) is 10.4 Å². The molecule has 1 fully saturated rings. The quantitative estimate of drug-likeness (QED) is 0.623. The highest BCUT2D eigenvalue weighted by molar-refractivity contribution is 7.99. The minimum Gasteiger partial charge on any atom is -0.378 e. The van der Waals surface area contributed by atoms with Crippen LogP contribution >= 0.6 is 23.1 Å². The summed E-state index contributed by atoms with van der Waals surface area (Å²) in [5, 5.41) is 6.48. The summed E-state index contributed by atoms with van der Waals surface area (Å²) in [6.07, 6.45) is 1.36. The number of fused-ring (bicyclic) bond motifs is 1. The van der Waals surface area contributed by atoms with E-state index in [-0.39, 0.29) is 11.1 Å². The van der Waals surface area contributed by atoms with Crippen LogP contribution in [-0.2, 0) is 11.3 Å². The van der Waals surface area contributed by atoms with E-state index in [9.17, 15) is 9.59 Å². The number of nitrogens with zero attached hydrogens (tertiary/aromatic N) is 4. The molecule has 8 nitrogen and oxygen atoms in total. The highest BCUT2D eigenvalue weighted by Crippen LogP contribution is 2.28. The molecule has 0 bridgehead atoms. The Labute approximate surface area is 180 Å². The average Bonchev–Trinajstić information content (AvgIpc) is 3.45. The molecule has 4 heterocycles. The number of anilines is 2. The molecule has 10 heteroatoms. The molecule has 0 spiro atoms. The van der Waals surface area contributed by atoms with Gasteiger partial charge >= 0.3 is 0 Å². The van der Waals surface area contributed by atoms with Crippen molar-refractivity contribution in [2.45, 2.75) is 11.7 Å². The molecule has 5 rings (SSSR count). The molecule has 0 unspecified atom stereocenters. The van der Waals surface area contributed by atoms with Gasteiger partial charge in [0.25, 0.3) is 11.5 Å². The molecule has 1 aromatic carbocycles. The number of morpholine rings is 1. The molecular weight excluding hydrogens is 422 g/mol. The van der Waals surface area contributed by atoms with Crippen LogP contribution in [0.3, 0.4) is 0 Å². The maximum Gasteiger partial charge on any atom is 0.267 e. The SMILES string of the molecule is O=C(Nc1ccc(-c2csc(N3CCOCC3)n2)cc1)c1cnc2n(c1=O)CCS2. The van der Waals surface area contributed by atoms with E-state index < -0.39 is 5.91 Å². The molecule has 2 aromatic heterocycles. The standard InChI is InChI=1S/C20H19N5O3S2/c26-17(15-11-21-19-25(18(15)27)7-10-29-19)22-14-3-1-13(2-4-14)16-12-30-20(23-16)24-5-8-28-9-6-24/h1-4,11-12H,5-10H2,(H,22,26). The maximum absolute atomic E-state index is 12.6. The highest BCUT2D eigenvalue weighted by Gasteiger charge is 2.20. The van der Waals surface area contributed by atoms with Gasteiger partial charge in [-0.1, -0.05) is 23.9 Å². The van der Waals surface area contributed by atoms with Gasteiger partial charge < -0.3 is 15.0 Å². The van der Waals surface area contributed by atoms with Crippen LogP contribution in [-0.4, -0.2) is 52.5 Å². The van der Waals surface area contributed by atoms with Gasteiger partial charge in [0.1, 0.15) is 5.56 Å². The van der Waals surface area contributed by atoms with Gasteiger partial charge in [-0.15, -0.1) is 11.3 Å². The minimum atomic E-state index is -0.448. The van der Waals surface area contributed by atoms with Gasteiger partial charge in [0.15, 0.2) is 10.3 Å². The first-order valence-electron chi connectivity index (χ1n) is 9.62. The lowest BCUT2D eigenvalue weighted by Gasteiger charge is -2.26. The van der Waals surface area contributed by atoms with Gasteiger partial charge in [-0.25, -0.2) is 9.97 Å². The van der Waals surface area contributed by atoms with E-state index in [0.717, 1.165) is 48.4 Å². The summed E-state index contributed by atoms with van der Waals surface area (Å²) in [5.41, 5.74) is 2.25. The van der Waals surface area contributed by atoms with Crippen molar-refractivity contribution in [2.75, 3.05) is 42.3 Å². The van der Waals surface area contributed by atoms with Crippen molar-refractivity contribution in [2.24, 2.45) is 0 Å². The fourth-order valence-electron chi connectivity index (χ4n) is 3.39. The summed E-state index contributed by atoms with van der Waals surface area (Å²) in [5.74, 6) is 0.356. The number of hydrogen-bond donors (Lipinski definition) is 1. The van der Waals surface area contributed by atoms with E-state index in [0.29, 0.717) is 17.4 Å². The summed E-state index contributed by atoms with van der Waals surface area (Å²) in [7, 11) is 0. The first-order chi connectivity index (χ1) is 14.7. The molecule has 2 aliphatic rings. The van der Waals surface area contributed by atoms with Crippen molar-refractivity contribution in [1.29, 1.82) is 0 Å². The molecule has 0 atom stereocenters. The fraction of sp³-hybridized carbons (Fsp3) is 0.300. The molecular formula is C20H19N5O3S2. The number of hydrogen-bond acceptors (Lipinski definition) is 8. The van der Waals surface area contributed by atoms with Crippen LogP contribution < -0.4 is 15.8 Å². The van der Waals surface area contributed by atoms with Crippen molar-refractivity contribution in [3.8, 4) is 11.3 Å². The Balaban J connectivity index is 1.29. The summed E-state index contributed by atoms with van der Waals surface area (Å²) in [4.78, 5) is 36.3. The van der Waals surface area contributed by atoms with Crippen LogP contribution in [0.5, 0.6) is 0 Å². The van der Waals surface area contributed by atoms with Crippen molar-refractivity contribution >= 4 is 39.8 Å². The number of carbonyl (C=O) groups is 1. The Morgan fingerprint density at radius 2 is 1.93 bits per heavy atom. The predicted octanol–water partition coefficient (Wildman–Crippen LogP) is 2.56. The summed E-state index contributed by atoms with van der Waals surface area (Å²) in [6.45, 7) is 3.75. The normalized spacial score (nSPS) is 15.8. The molecule has 30 heavy (non-hydrogen) atoms. The Morgan fingerprint density at radius 3 is 2.73 bits per heavy atom. The predicted molar refractivity (Wildman–Crippen MR) is 118 cm³/mol. The Kier molecular flexibility index (Phi) is 5.28. The topological polar surface area (TPSA) is 89.3 Å². The van der Waals surface area contributed by atoms with E-state index in [1.54, 1.807) is 15.9 Å². The van der Waals surface area contributed by atoms with Crippen LogP contribution in [0.25, 0.3) is 11.3 Å². The maximum atomic E-state index is 12.6. The minimum absolute atomic E-state index is 0.0555. The number of thioether (sulfide) groups is 1. The zero-order chi connectivity index (χ0) is 20.5. The van der Waals surface area contributed by atoms with Gasteiger partial charge in [-0.3, -0.25) is 14.2 Å². The Hall–Kier alpha value is -2.69. The first kappa shape index (κ1) is 19.3. The van der Waals surface area contributed by atoms with Gasteiger partial charge in [0, 0.05) is 48.2 Å². The third-order valence-electron chi connectivity index (χ3n) is 5.01. The van der Waals surface area contributed by atoms with Crippen molar-refractivity contribution in [1.82, 2.24) is 14.5 Å². The average molecular weight is 442 g/mol. The first-order valence-corrected chi connectivity index (χ1v) is 11.5. The fourth-order valence-corrected chi connectivity index (χ4v) is 5.20. The third-order valence-corrected chi connectivity index (χ3v) is 6.89. The summed E-state index contributed by atoms with van der Waals surface area (Å²) >= 11 is 3.14. The molecule has 2 aliphatic heterocycles. The smallest absolute Gasteiger partial charge is 0.267 e. The Morgan fingerprint density at radius 1 is 1.13 bits per heavy atom. The van der Waals surface area contributed by atoms with Crippen LogP contribution in [0.2, 0.25) is 0 Å². The van der Waals surface area contributed by atoms with Crippen LogP contribution in [0.15, 0.2) is 45.8 Å². The van der Waals surface area contributed by atoms with E-state index in [1.807, 2.05) is 29.6 Å². The number of carbonyl (C=O) groups excluding carboxylic acids is 1. The van der Waals surface area contributed by atoms with Crippen molar-refractivity contribution < 1.29 is 9.53 Å². The number of thiazole rings is 1. The number of nitrogens with one attached hydrogen (secondary N) is 1. The van der Waals surface area contributed by atoms with Gasteiger partial charge in [0.2, 0.25) is 0 Å². The highest BCUT2D eigenvalue weighted by atomic mass is 32.2. The summed E-state index contributed by atoms with van der Waals surface area (Å²) in [6, 6.07) is 7.46. The van der Waals surface area contributed by atoms with Gasteiger partial charge in [-0.2, -0.15) is 0 Å². The number of benzene rings is 1. The Bertz CT molecular complexity index is 1140. The van der Waals surface area contributed by atoms with Gasteiger partial charge in [0.05, 0.1) is 18.9 Å². The van der Waals surface area contributed by atoms with Crippen molar-refractivity contribution in [3.63, 3.8) is 0 Å². The molecule has 3 aromatic rings. The molecule has 1 N–H and O–H groups in total. The second-order valence-corrected chi connectivity index (χ2v) is 8.80. The molecule has 0 saturated carbocycles. The van der Waals surface area contributed by atoms with E-state index in [4.69, 9.17) is 9.72 Å². The van der Waals surface area contributed by atoms with Gasteiger partial charge in [-0.05, 0) is 12.1 Å². The van der Waals surface area contributed by atoms with Crippen LogP contribution in [0, 0.1) is 0 Å². The summed E-state index contributed by atoms with van der Waals surface area (Å²) < 4.78 is 6.95. The van der Waals surface area contributed by atoms with E-state index in [2.05, 4.69) is 15.2 Å². The molecule has 1 amide bonds. The second kappa shape index (κ2) is 8.21. The number of ether oxygens (including phenoxy) is 1. The molecule has 0 radical (unpaired) electrons. The zero-order valence-corrected chi connectivity index (χ0v) is 17.7. The third kappa shape index (κ3) is 3.73. The largest absolute Gasteiger partial charge is 0.378 e. The molecule has 154 valence electrons. The second-order valence-electron chi connectivity index (χ2n) is 6.91. The van der Waals surface area contributed by atoms with E-state index >= 15 is 0 Å². The monoisotopic (exact) mass is 441 g/mol. The number of amides is 1. The van der Waals surface area contributed by atoms with Crippen molar-refractivity contribution in [3.05, 3.63) is 51.8 Å². The molecule has 0 aliphatic carbocycles.